The molecular formula is C28H30N2O4. The molecule has 3 N–H and O–H groups in total. The number of nitrogens with zero attached hydrogens (tertiary/aromatic N) is 1. The highest BCUT2D eigenvalue weighted by Gasteiger charge is 2.36. The maximum absolute atomic E-state index is 13.6. The van der Waals surface area contributed by atoms with Crippen LogP contribution in [0.4, 0.5) is 0 Å². The van der Waals surface area contributed by atoms with Gasteiger partial charge in [-0.3, -0.25) is 4.79 Å². The number of fused-ring (bicyclic) bond motifs is 1. The lowest BCUT2D eigenvalue weighted by molar-refractivity contribution is 0.0715. The predicted octanol–water partition coefficient (Wildman–Crippen LogP) is 4.39. The second-order valence-electron chi connectivity index (χ2n) is 9.24. The zero-order chi connectivity index (χ0) is 23.7. The highest BCUT2D eigenvalue weighted by atomic mass is 16.5. The van der Waals surface area contributed by atoms with Crippen molar-refractivity contribution in [3.8, 4) is 17.2 Å². The van der Waals surface area contributed by atoms with Crippen molar-refractivity contribution in [1.82, 2.24) is 10.2 Å². The summed E-state index contributed by atoms with van der Waals surface area (Å²) in [6.07, 6.45) is 3.43. The number of methoxy groups -OCH3 is 1. The molecule has 0 spiro atoms. The molecule has 176 valence electrons. The summed E-state index contributed by atoms with van der Waals surface area (Å²) in [4.78, 5) is 15.4. The number of phenolic OH excluding ortho intramolecular Hbond substituents is 2. The molecule has 1 atom stereocenters. The SMILES string of the molecule is COc1ccc([C@H]2c3ccc(CC4CCNCC4)cc3CN2C(=O)c2ccc(O)cc2O)cc1. The quantitative estimate of drug-likeness (QED) is 0.528. The van der Waals surface area contributed by atoms with Crippen LogP contribution in [0.5, 0.6) is 17.2 Å². The van der Waals surface area contributed by atoms with E-state index in [1.165, 1.54) is 36.6 Å². The molecule has 1 saturated heterocycles. The number of amides is 1. The molecule has 3 aromatic rings. The molecule has 0 radical (unpaired) electrons. The Hall–Kier alpha value is -3.51. The van der Waals surface area contributed by atoms with Gasteiger partial charge in [0, 0.05) is 12.6 Å². The van der Waals surface area contributed by atoms with E-state index in [9.17, 15) is 15.0 Å². The summed E-state index contributed by atoms with van der Waals surface area (Å²) in [5.74, 6) is 0.876. The molecule has 0 saturated carbocycles. The molecule has 5 rings (SSSR count). The predicted molar refractivity (Wildman–Crippen MR) is 130 cm³/mol. The number of carbonyl (C=O) groups excluding carboxylic acids is 1. The summed E-state index contributed by atoms with van der Waals surface area (Å²) in [5, 5.41) is 23.5. The van der Waals surface area contributed by atoms with Crippen LogP contribution < -0.4 is 10.1 Å². The maximum Gasteiger partial charge on any atom is 0.258 e. The molecule has 0 aromatic heterocycles. The molecule has 0 unspecified atom stereocenters. The maximum atomic E-state index is 13.6. The van der Waals surface area contributed by atoms with Crippen molar-refractivity contribution in [2.75, 3.05) is 20.2 Å². The topological polar surface area (TPSA) is 82.0 Å². The van der Waals surface area contributed by atoms with Crippen LogP contribution in [0.1, 0.15) is 51.5 Å². The molecule has 2 aliphatic heterocycles. The lowest BCUT2D eigenvalue weighted by atomic mass is 9.89. The van der Waals surface area contributed by atoms with Crippen molar-refractivity contribution >= 4 is 5.91 Å². The van der Waals surface area contributed by atoms with E-state index in [-0.39, 0.29) is 29.0 Å². The number of hydrogen-bond donors (Lipinski definition) is 3. The van der Waals surface area contributed by atoms with Gasteiger partial charge in [0.2, 0.25) is 0 Å². The fourth-order valence-electron chi connectivity index (χ4n) is 5.24. The first-order valence-corrected chi connectivity index (χ1v) is 11.8. The minimum absolute atomic E-state index is 0.0759. The zero-order valence-corrected chi connectivity index (χ0v) is 19.3. The Morgan fingerprint density at radius 3 is 2.50 bits per heavy atom. The van der Waals surface area contributed by atoms with Gasteiger partial charge >= 0.3 is 0 Å². The smallest absolute Gasteiger partial charge is 0.258 e. The number of rotatable bonds is 5. The van der Waals surface area contributed by atoms with Crippen molar-refractivity contribution < 1.29 is 19.7 Å². The minimum atomic E-state index is -0.269. The van der Waals surface area contributed by atoms with Crippen molar-refractivity contribution in [3.05, 3.63) is 88.5 Å². The zero-order valence-electron chi connectivity index (χ0n) is 19.3. The van der Waals surface area contributed by atoms with Crippen molar-refractivity contribution in [3.63, 3.8) is 0 Å². The Kier molecular flexibility index (Phi) is 6.16. The number of benzene rings is 3. The molecular weight excluding hydrogens is 428 g/mol. The largest absolute Gasteiger partial charge is 0.508 e. The van der Waals surface area contributed by atoms with Gasteiger partial charge in [0.05, 0.1) is 18.7 Å². The van der Waals surface area contributed by atoms with Gasteiger partial charge in [-0.25, -0.2) is 0 Å². The monoisotopic (exact) mass is 458 g/mol. The van der Waals surface area contributed by atoms with Gasteiger partial charge in [0.1, 0.15) is 17.2 Å². The van der Waals surface area contributed by atoms with Crippen molar-refractivity contribution in [1.29, 1.82) is 0 Å². The second-order valence-corrected chi connectivity index (χ2v) is 9.24. The summed E-state index contributed by atoms with van der Waals surface area (Å²) in [6, 6.07) is 18.2. The fraction of sp³-hybridized carbons (Fsp3) is 0.321. The number of ether oxygens (including phenoxy) is 1. The number of hydrogen-bond acceptors (Lipinski definition) is 5. The molecule has 0 bridgehead atoms. The van der Waals surface area contributed by atoms with E-state index in [2.05, 4.69) is 23.5 Å². The van der Waals surface area contributed by atoms with E-state index < -0.39 is 0 Å². The third-order valence-electron chi connectivity index (χ3n) is 7.04. The number of carbonyl (C=O) groups is 1. The molecule has 34 heavy (non-hydrogen) atoms. The van der Waals surface area contributed by atoms with Crippen LogP contribution in [-0.4, -0.2) is 41.2 Å². The summed E-state index contributed by atoms with van der Waals surface area (Å²) >= 11 is 0. The van der Waals surface area contributed by atoms with E-state index in [4.69, 9.17) is 4.74 Å². The molecule has 6 nitrogen and oxygen atoms in total. The molecule has 1 fully saturated rings. The highest BCUT2D eigenvalue weighted by Crippen LogP contribution is 2.41. The standard InChI is InChI=1S/C28H30N2O4/c1-34-23-6-3-20(4-7-23)27-24-8-2-19(14-18-10-12-29-13-11-18)15-21(24)17-30(27)28(33)25-9-5-22(31)16-26(25)32/h2-9,15-16,18,27,29,31-32H,10-14,17H2,1H3/t27-/m0/s1. The lowest BCUT2D eigenvalue weighted by Gasteiger charge is -2.26. The molecule has 3 aromatic carbocycles. The summed E-state index contributed by atoms with van der Waals surface area (Å²) in [5.41, 5.74) is 4.71. The van der Waals surface area contributed by atoms with Gasteiger partial charge in [-0.15, -0.1) is 0 Å². The van der Waals surface area contributed by atoms with E-state index in [0.29, 0.717) is 12.5 Å². The summed E-state index contributed by atoms with van der Waals surface area (Å²) in [6.45, 7) is 2.62. The average Bonchev–Trinajstić information content (AvgIpc) is 3.23. The summed E-state index contributed by atoms with van der Waals surface area (Å²) < 4.78 is 5.32. The van der Waals surface area contributed by atoms with Gasteiger partial charge in [0.15, 0.2) is 0 Å². The Morgan fingerprint density at radius 1 is 1.03 bits per heavy atom. The van der Waals surface area contributed by atoms with Crippen LogP contribution in [0.2, 0.25) is 0 Å². The van der Waals surface area contributed by atoms with Crippen LogP contribution in [-0.2, 0) is 13.0 Å². The van der Waals surface area contributed by atoms with Gasteiger partial charge in [-0.1, -0.05) is 30.3 Å². The normalized spacial score (nSPS) is 18.0. The minimum Gasteiger partial charge on any atom is -0.508 e. The van der Waals surface area contributed by atoms with Crippen molar-refractivity contribution in [2.24, 2.45) is 5.92 Å². The molecule has 1 amide bonds. The summed E-state index contributed by atoms with van der Waals surface area (Å²) in [7, 11) is 1.63. The Bertz CT molecular complexity index is 1190. The third kappa shape index (κ3) is 4.33. The molecule has 2 aliphatic rings. The van der Waals surface area contributed by atoms with Crippen molar-refractivity contribution in [2.45, 2.75) is 31.8 Å². The lowest BCUT2D eigenvalue weighted by Crippen LogP contribution is -2.30. The third-order valence-corrected chi connectivity index (χ3v) is 7.04. The fourth-order valence-corrected chi connectivity index (χ4v) is 5.24. The first kappa shape index (κ1) is 22.3. The number of piperidine rings is 1. The average molecular weight is 459 g/mol. The van der Waals surface area contributed by atoms with Crippen LogP contribution >= 0.6 is 0 Å². The van der Waals surface area contributed by atoms with Gasteiger partial charge < -0.3 is 25.2 Å². The number of aromatic hydroxyl groups is 2. The van der Waals surface area contributed by atoms with E-state index in [1.807, 2.05) is 24.3 Å². The van der Waals surface area contributed by atoms with Gasteiger partial charge in [-0.05, 0) is 84.8 Å². The highest BCUT2D eigenvalue weighted by molar-refractivity contribution is 5.98. The van der Waals surface area contributed by atoms with E-state index in [1.54, 1.807) is 12.0 Å². The number of phenols is 2. The van der Waals surface area contributed by atoms with Gasteiger partial charge in [0.25, 0.3) is 5.91 Å². The second kappa shape index (κ2) is 9.39. The van der Waals surface area contributed by atoms with Crippen LogP contribution in [0.25, 0.3) is 0 Å². The van der Waals surface area contributed by atoms with Crippen LogP contribution in [0, 0.1) is 5.92 Å². The van der Waals surface area contributed by atoms with Gasteiger partial charge in [-0.2, -0.15) is 0 Å². The van der Waals surface area contributed by atoms with E-state index >= 15 is 0 Å². The van der Waals surface area contributed by atoms with Crippen LogP contribution in [0.15, 0.2) is 60.7 Å². The molecule has 0 aliphatic carbocycles. The first-order valence-electron chi connectivity index (χ1n) is 11.8. The Labute approximate surface area is 199 Å². The Balaban J connectivity index is 1.50. The Morgan fingerprint density at radius 2 is 1.79 bits per heavy atom. The molecule has 6 heteroatoms. The number of nitrogens with one attached hydrogen (secondary N) is 1. The molecule has 2 heterocycles. The first-order chi connectivity index (χ1) is 16.5. The van der Waals surface area contributed by atoms with E-state index in [0.717, 1.165) is 42.0 Å². The van der Waals surface area contributed by atoms with Crippen LogP contribution in [0.3, 0.4) is 0 Å².